The molecule has 0 radical (unpaired) electrons. The molecule has 134 valence electrons. The first-order valence-electron chi connectivity index (χ1n) is 6.26. The van der Waals surface area contributed by atoms with E-state index in [1.807, 2.05) is 0 Å². The lowest BCUT2D eigenvalue weighted by molar-refractivity contribution is -0.192. The first kappa shape index (κ1) is 19.5. The van der Waals surface area contributed by atoms with Crippen LogP contribution in [0.4, 0.5) is 36.2 Å². The molecule has 1 aromatic carbocycles. The van der Waals surface area contributed by atoms with Gasteiger partial charge in [0.05, 0.1) is 5.69 Å². The highest BCUT2D eigenvalue weighted by molar-refractivity contribution is 5.73. The largest absolute Gasteiger partial charge is 0.508 e. The minimum atomic E-state index is -5.08. The molecular weight excluding hydrogens is 347 g/mol. The molecule has 0 spiro atoms. The molecule has 7 N–H and O–H groups in total. The lowest BCUT2D eigenvalue weighted by Crippen LogP contribution is -2.21. The van der Waals surface area contributed by atoms with Crippen LogP contribution in [0, 0.1) is 0 Å². The van der Waals surface area contributed by atoms with E-state index in [9.17, 15) is 18.3 Å². The van der Waals surface area contributed by atoms with Crippen LogP contribution in [-0.4, -0.2) is 32.4 Å². The van der Waals surface area contributed by atoms with Crippen molar-refractivity contribution in [2.75, 3.05) is 11.5 Å². The van der Waals surface area contributed by atoms with Gasteiger partial charge in [0.2, 0.25) is 0 Å². The van der Waals surface area contributed by atoms with Crippen LogP contribution in [-0.2, 0) is 4.79 Å². The predicted octanol–water partition coefficient (Wildman–Crippen LogP) is 2.71. The molecule has 1 aromatic heterocycles. The average Bonchev–Trinajstić information content (AvgIpc) is 2.51. The van der Waals surface area contributed by atoms with E-state index in [4.69, 9.17) is 26.5 Å². The number of rotatable bonds is 2. The van der Waals surface area contributed by atoms with Gasteiger partial charge in [0.25, 0.3) is 0 Å². The number of benzene rings is 1. The summed E-state index contributed by atoms with van der Waals surface area (Å²) < 4.78 is 31.7. The number of nitrogens with zero attached hydrogens (tertiary/aromatic N) is 3. The van der Waals surface area contributed by atoms with Gasteiger partial charge in [-0.25, -0.2) is 9.78 Å². The summed E-state index contributed by atoms with van der Waals surface area (Å²) in [6.07, 6.45) is -5.08. The Labute approximate surface area is 138 Å². The number of hydrogen-bond acceptors (Lipinski definition) is 8. The minimum Gasteiger partial charge on any atom is -0.508 e. The third kappa shape index (κ3) is 6.21. The summed E-state index contributed by atoms with van der Waals surface area (Å²) in [6, 6.07) is 7.41. The Bertz CT molecular complexity index is 778. The van der Waals surface area contributed by atoms with E-state index < -0.39 is 12.1 Å². The quantitative estimate of drug-likeness (QED) is 0.514. The molecule has 25 heavy (non-hydrogen) atoms. The van der Waals surface area contributed by atoms with Gasteiger partial charge in [-0.15, -0.1) is 5.11 Å². The Balaban J connectivity index is 0.000000381. The number of aliphatic carboxylic acids is 1. The highest BCUT2D eigenvalue weighted by Crippen LogP contribution is 2.30. The number of pyridine rings is 1. The predicted molar refractivity (Wildman–Crippen MR) is 80.7 cm³/mol. The summed E-state index contributed by atoms with van der Waals surface area (Å²) >= 11 is 0. The summed E-state index contributed by atoms with van der Waals surface area (Å²) in [5.41, 5.74) is 11.7. The number of hydrogen-bond donors (Lipinski definition) is 5. The summed E-state index contributed by atoms with van der Waals surface area (Å²) in [5, 5.41) is 33.3. The van der Waals surface area contributed by atoms with Crippen molar-refractivity contribution < 1.29 is 33.3 Å². The molecule has 0 fully saturated rings. The van der Waals surface area contributed by atoms with Crippen molar-refractivity contribution in [3.63, 3.8) is 0 Å². The number of carboxylic acid groups (broad SMARTS) is 1. The SMILES string of the molecule is Nc1nc(N)c(/N=N/c2ccc(O)cc2)cc1O.O=C(O)C(F)(F)F. The number of azo groups is 1. The smallest absolute Gasteiger partial charge is 0.490 e. The molecule has 0 unspecified atom stereocenters. The number of nitrogens with two attached hydrogens (primary N) is 2. The van der Waals surface area contributed by atoms with E-state index in [0.29, 0.717) is 5.69 Å². The van der Waals surface area contributed by atoms with E-state index in [1.165, 1.54) is 18.2 Å². The van der Waals surface area contributed by atoms with Crippen molar-refractivity contribution in [1.82, 2.24) is 4.98 Å². The Morgan fingerprint density at radius 3 is 2.04 bits per heavy atom. The van der Waals surface area contributed by atoms with Crippen molar-refractivity contribution >= 4 is 29.0 Å². The van der Waals surface area contributed by atoms with E-state index >= 15 is 0 Å². The van der Waals surface area contributed by atoms with Gasteiger partial charge in [0.1, 0.15) is 11.4 Å². The number of aromatic hydroxyl groups is 2. The third-order valence-corrected chi connectivity index (χ3v) is 2.40. The van der Waals surface area contributed by atoms with Crippen LogP contribution in [0.25, 0.3) is 0 Å². The normalized spacial score (nSPS) is 11.0. The molecule has 9 nitrogen and oxygen atoms in total. The molecular formula is C13H12F3N5O4. The molecule has 2 rings (SSSR count). The summed E-state index contributed by atoms with van der Waals surface area (Å²) in [6.45, 7) is 0. The number of carboxylic acids is 1. The lowest BCUT2D eigenvalue weighted by Gasteiger charge is -2.02. The highest BCUT2D eigenvalue weighted by atomic mass is 19.4. The maximum atomic E-state index is 10.6. The van der Waals surface area contributed by atoms with E-state index in [2.05, 4.69) is 15.2 Å². The van der Waals surface area contributed by atoms with Crippen LogP contribution in [0.2, 0.25) is 0 Å². The molecule has 0 atom stereocenters. The number of carbonyl (C=O) groups is 1. The van der Waals surface area contributed by atoms with Gasteiger partial charge < -0.3 is 26.8 Å². The Morgan fingerprint density at radius 2 is 1.56 bits per heavy atom. The molecule has 2 aromatic rings. The Kier molecular flexibility index (Phi) is 6.08. The van der Waals surface area contributed by atoms with Gasteiger partial charge in [0.15, 0.2) is 17.4 Å². The highest BCUT2D eigenvalue weighted by Gasteiger charge is 2.38. The molecule has 0 aliphatic carbocycles. The second-order valence-electron chi connectivity index (χ2n) is 4.32. The molecule has 1 heterocycles. The van der Waals surface area contributed by atoms with E-state index in [1.54, 1.807) is 12.1 Å². The van der Waals surface area contributed by atoms with Gasteiger partial charge in [-0.05, 0) is 24.3 Å². The number of halogens is 3. The number of aromatic nitrogens is 1. The number of alkyl halides is 3. The van der Waals surface area contributed by atoms with Crippen molar-refractivity contribution in [3.8, 4) is 11.5 Å². The second-order valence-corrected chi connectivity index (χ2v) is 4.32. The fourth-order valence-corrected chi connectivity index (χ4v) is 1.23. The summed E-state index contributed by atoms with van der Waals surface area (Å²) in [4.78, 5) is 12.6. The van der Waals surface area contributed by atoms with Crippen molar-refractivity contribution in [3.05, 3.63) is 30.3 Å². The molecule has 0 saturated heterocycles. The van der Waals surface area contributed by atoms with Crippen molar-refractivity contribution in [1.29, 1.82) is 0 Å². The van der Waals surface area contributed by atoms with Gasteiger partial charge in [-0.3, -0.25) is 0 Å². The molecule has 12 heteroatoms. The Morgan fingerprint density at radius 1 is 1.04 bits per heavy atom. The fourth-order valence-electron chi connectivity index (χ4n) is 1.23. The maximum absolute atomic E-state index is 10.6. The topological polar surface area (TPSA) is 167 Å². The van der Waals surface area contributed by atoms with Crippen molar-refractivity contribution in [2.45, 2.75) is 6.18 Å². The van der Waals surface area contributed by atoms with Crippen LogP contribution in [0.5, 0.6) is 11.5 Å². The third-order valence-electron chi connectivity index (χ3n) is 2.40. The zero-order chi connectivity index (χ0) is 19.2. The fraction of sp³-hybridized carbons (Fsp3) is 0.0769. The average molecular weight is 359 g/mol. The molecule has 0 saturated carbocycles. The monoisotopic (exact) mass is 359 g/mol. The van der Waals surface area contributed by atoms with Gasteiger partial charge in [-0.1, -0.05) is 0 Å². The Hall–Kier alpha value is -3.57. The van der Waals surface area contributed by atoms with E-state index in [0.717, 1.165) is 0 Å². The first-order chi connectivity index (χ1) is 11.5. The molecule has 0 aliphatic rings. The molecule has 0 aliphatic heterocycles. The number of phenols is 1. The van der Waals surface area contributed by atoms with Crippen LogP contribution in [0.3, 0.4) is 0 Å². The summed E-state index contributed by atoms with van der Waals surface area (Å²) in [7, 11) is 0. The zero-order valence-electron chi connectivity index (χ0n) is 12.3. The first-order valence-corrected chi connectivity index (χ1v) is 6.26. The molecule has 0 amide bonds. The van der Waals surface area contributed by atoms with Gasteiger partial charge in [0, 0.05) is 6.07 Å². The minimum absolute atomic E-state index is 0.0592. The van der Waals surface area contributed by atoms with Crippen LogP contribution >= 0.6 is 0 Å². The van der Waals surface area contributed by atoms with Gasteiger partial charge >= 0.3 is 12.1 Å². The van der Waals surface area contributed by atoms with Crippen molar-refractivity contribution in [2.24, 2.45) is 10.2 Å². The summed E-state index contributed by atoms with van der Waals surface area (Å²) in [5.74, 6) is -2.81. The van der Waals surface area contributed by atoms with Crippen LogP contribution < -0.4 is 11.5 Å². The lowest BCUT2D eigenvalue weighted by atomic mass is 10.3. The zero-order valence-corrected chi connectivity index (χ0v) is 12.3. The van der Waals surface area contributed by atoms with E-state index in [-0.39, 0.29) is 28.8 Å². The van der Waals surface area contributed by atoms with Crippen LogP contribution in [0.1, 0.15) is 0 Å². The number of nitrogen functional groups attached to an aromatic ring is 2. The second kappa shape index (κ2) is 7.81. The number of anilines is 2. The number of phenolic OH excluding ortho intramolecular Hbond substituents is 1. The molecule has 0 bridgehead atoms. The van der Waals surface area contributed by atoms with Crippen LogP contribution in [0.15, 0.2) is 40.6 Å². The van der Waals surface area contributed by atoms with Gasteiger partial charge in [-0.2, -0.15) is 18.3 Å². The standard InChI is InChI=1S/C11H11N5O2.C2HF3O2/c12-10-8(5-9(18)11(13)14-10)16-15-6-1-3-7(17)4-2-6;3-2(4,5)1(6)7/h1-5,17-18H,(H4,12,13,14);(H,6,7)/b16-15+;. The maximum Gasteiger partial charge on any atom is 0.490 e.